The number of hydrogen-bond donors (Lipinski definition) is 0. The lowest BCUT2D eigenvalue weighted by atomic mass is 10.1. The summed E-state index contributed by atoms with van der Waals surface area (Å²) in [5.74, 6) is 0.0915. The van der Waals surface area contributed by atoms with Crippen molar-refractivity contribution in [1.29, 1.82) is 0 Å². The maximum atomic E-state index is 12.3. The number of hydrogen-bond acceptors (Lipinski definition) is 1. The summed E-state index contributed by atoms with van der Waals surface area (Å²) in [6.07, 6.45) is 2.16. The van der Waals surface area contributed by atoms with Crippen LogP contribution >= 0.6 is 27.5 Å². The SMILES string of the molecule is Cc1ccc(C(=O)N2CCCC2CBr)cc1Cl. The summed E-state index contributed by atoms with van der Waals surface area (Å²) in [7, 11) is 0. The number of likely N-dealkylation sites (tertiary alicyclic amines) is 1. The van der Waals surface area contributed by atoms with Crippen LogP contribution in [0.15, 0.2) is 18.2 Å². The first-order valence-corrected chi connectivity index (χ1v) is 7.26. The molecular formula is C13H15BrClNO. The van der Waals surface area contributed by atoms with Gasteiger partial charge >= 0.3 is 0 Å². The van der Waals surface area contributed by atoms with Gasteiger partial charge in [-0.25, -0.2) is 0 Å². The van der Waals surface area contributed by atoms with Crippen molar-refractivity contribution in [1.82, 2.24) is 4.90 Å². The van der Waals surface area contributed by atoms with E-state index in [1.165, 1.54) is 0 Å². The van der Waals surface area contributed by atoms with Crippen molar-refractivity contribution >= 4 is 33.4 Å². The molecule has 17 heavy (non-hydrogen) atoms. The van der Waals surface area contributed by atoms with Gasteiger partial charge in [-0.15, -0.1) is 0 Å². The molecule has 1 fully saturated rings. The van der Waals surface area contributed by atoms with Gasteiger partial charge in [0.2, 0.25) is 0 Å². The minimum atomic E-state index is 0.0915. The van der Waals surface area contributed by atoms with Gasteiger partial charge in [-0.05, 0) is 37.5 Å². The number of benzene rings is 1. The quantitative estimate of drug-likeness (QED) is 0.763. The van der Waals surface area contributed by atoms with Crippen LogP contribution in [0.25, 0.3) is 0 Å². The van der Waals surface area contributed by atoms with Gasteiger partial charge in [0.05, 0.1) is 0 Å². The largest absolute Gasteiger partial charge is 0.335 e. The maximum absolute atomic E-state index is 12.3. The summed E-state index contributed by atoms with van der Waals surface area (Å²) in [4.78, 5) is 14.3. The van der Waals surface area contributed by atoms with E-state index in [1.54, 1.807) is 6.07 Å². The van der Waals surface area contributed by atoms with Crippen LogP contribution in [0.4, 0.5) is 0 Å². The van der Waals surface area contributed by atoms with Crippen molar-refractivity contribution in [2.24, 2.45) is 0 Å². The number of carbonyl (C=O) groups excluding carboxylic acids is 1. The summed E-state index contributed by atoms with van der Waals surface area (Å²) in [5.41, 5.74) is 1.69. The molecule has 92 valence electrons. The Balaban J connectivity index is 2.21. The van der Waals surface area contributed by atoms with Gasteiger partial charge in [-0.1, -0.05) is 33.6 Å². The van der Waals surface area contributed by atoms with E-state index < -0.39 is 0 Å². The van der Waals surface area contributed by atoms with Crippen LogP contribution in [0.5, 0.6) is 0 Å². The zero-order valence-electron chi connectivity index (χ0n) is 9.75. The Morgan fingerprint density at radius 2 is 2.35 bits per heavy atom. The summed E-state index contributed by atoms with van der Waals surface area (Å²) in [6, 6.07) is 5.84. The topological polar surface area (TPSA) is 20.3 Å². The first kappa shape index (κ1) is 12.9. The van der Waals surface area contributed by atoms with Crippen LogP contribution in [-0.2, 0) is 0 Å². The van der Waals surface area contributed by atoms with Crippen LogP contribution in [0.3, 0.4) is 0 Å². The molecule has 1 aliphatic rings. The van der Waals surface area contributed by atoms with E-state index in [1.807, 2.05) is 24.0 Å². The lowest BCUT2D eigenvalue weighted by Crippen LogP contribution is -2.36. The van der Waals surface area contributed by atoms with E-state index >= 15 is 0 Å². The van der Waals surface area contributed by atoms with E-state index in [9.17, 15) is 4.79 Å². The Labute approximate surface area is 115 Å². The van der Waals surface area contributed by atoms with Crippen molar-refractivity contribution in [2.75, 3.05) is 11.9 Å². The molecule has 1 saturated heterocycles. The number of halogens is 2. The fourth-order valence-electron chi connectivity index (χ4n) is 2.16. The normalized spacial score (nSPS) is 19.7. The standard InChI is InChI=1S/C13H15BrClNO/c1-9-4-5-10(7-12(9)15)13(17)16-6-2-3-11(16)8-14/h4-5,7,11H,2-3,6,8H2,1H3. The van der Waals surface area contributed by atoms with Crippen molar-refractivity contribution in [3.8, 4) is 0 Å². The zero-order valence-corrected chi connectivity index (χ0v) is 12.1. The molecule has 1 aromatic rings. The fraction of sp³-hybridized carbons (Fsp3) is 0.462. The molecule has 0 radical (unpaired) electrons. The number of carbonyl (C=O) groups is 1. The summed E-state index contributed by atoms with van der Waals surface area (Å²) in [6.45, 7) is 2.79. The Kier molecular flexibility index (Phi) is 4.10. The third kappa shape index (κ3) is 2.66. The van der Waals surface area contributed by atoms with Gasteiger partial charge < -0.3 is 4.90 Å². The molecule has 1 aliphatic heterocycles. The Bertz CT molecular complexity index is 435. The van der Waals surface area contributed by atoms with Crippen molar-refractivity contribution < 1.29 is 4.79 Å². The van der Waals surface area contributed by atoms with Gasteiger partial charge in [0.25, 0.3) is 5.91 Å². The second-order valence-corrected chi connectivity index (χ2v) is 5.47. The van der Waals surface area contributed by atoms with Gasteiger partial charge in [0.1, 0.15) is 0 Å². The Morgan fingerprint density at radius 1 is 1.59 bits per heavy atom. The predicted molar refractivity (Wildman–Crippen MR) is 74.0 cm³/mol. The van der Waals surface area contributed by atoms with Crippen molar-refractivity contribution in [3.63, 3.8) is 0 Å². The molecule has 2 nitrogen and oxygen atoms in total. The number of rotatable bonds is 2. The van der Waals surface area contributed by atoms with E-state index in [-0.39, 0.29) is 5.91 Å². The molecular weight excluding hydrogens is 302 g/mol. The molecule has 2 rings (SSSR count). The second kappa shape index (κ2) is 5.40. The Morgan fingerprint density at radius 3 is 3.00 bits per heavy atom. The highest BCUT2D eigenvalue weighted by Gasteiger charge is 2.28. The third-order valence-electron chi connectivity index (χ3n) is 3.23. The molecule has 1 atom stereocenters. The molecule has 0 saturated carbocycles. The molecule has 4 heteroatoms. The van der Waals surface area contributed by atoms with Gasteiger partial charge in [0.15, 0.2) is 0 Å². The van der Waals surface area contributed by atoms with Crippen LogP contribution in [0.2, 0.25) is 5.02 Å². The molecule has 0 bridgehead atoms. The summed E-state index contributed by atoms with van der Waals surface area (Å²) < 4.78 is 0. The molecule has 1 aromatic carbocycles. The van der Waals surface area contributed by atoms with E-state index in [2.05, 4.69) is 15.9 Å². The lowest BCUT2D eigenvalue weighted by molar-refractivity contribution is 0.0750. The molecule has 1 amide bonds. The molecule has 1 heterocycles. The van der Waals surface area contributed by atoms with Gasteiger partial charge in [0, 0.05) is 28.5 Å². The fourth-order valence-corrected chi connectivity index (χ4v) is 3.01. The van der Waals surface area contributed by atoms with E-state index in [0.29, 0.717) is 16.6 Å². The number of alkyl halides is 1. The predicted octanol–water partition coefficient (Wildman–Crippen LogP) is 3.65. The second-order valence-electron chi connectivity index (χ2n) is 4.41. The monoisotopic (exact) mass is 315 g/mol. The number of aryl methyl sites for hydroxylation is 1. The van der Waals surface area contributed by atoms with Crippen molar-refractivity contribution in [3.05, 3.63) is 34.3 Å². The Hall–Kier alpha value is -0.540. The first-order valence-electron chi connectivity index (χ1n) is 5.76. The molecule has 0 spiro atoms. The first-order chi connectivity index (χ1) is 8.13. The third-order valence-corrected chi connectivity index (χ3v) is 4.39. The van der Waals surface area contributed by atoms with E-state index in [4.69, 9.17) is 11.6 Å². The van der Waals surface area contributed by atoms with Crippen molar-refractivity contribution in [2.45, 2.75) is 25.8 Å². The van der Waals surface area contributed by atoms with Gasteiger partial charge in [-0.2, -0.15) is 0 Å². The van der Waals surface area contributed by atoms with Crippen LogP contribution in [0, 0.1) is 6.92 Å². The lowest BCUT2D eigenvalue weighted by Gasteiger charge is -2.23. The van der Waals surface area contributed by atoms with Crippen LogP contribution < -0.4 is 0 Å². The van der Waals surface area contributed by atoms with Crippen LogP contribution in [0.1, 0.15) is 28.8 Å². The smallest absolute Gasteiger partial charge is 0.254 e. The zero-order chi connectivity index (χ0) is 12.4. The van der Waals surface area contributed by atoms with Crippen LogP contribution in [-0.4, -0.2) is 28.7 Å². The molecule has 1 unspecified atom stereocenters. The molecule has 0 aromatic heterocycles. The summed E-state index contributed by atoms with van der Waals surface area (Å²) >= 11 is 9.52. The van der Waals surface area contributed by atoms with E-state index in [0.717, 1.165) is 30.3 Å². The highest BCUT2D eigenvalue weighted by atomic mass is 79.9. The highest BCUT2D eigenvalue weighted by molar-refractivity contribution is 9.09. The molecule has 0 aliphatic carbocycles. The van der Waals surface area contributed by atoms with Gasteiger partial charge in [-0.3, -0.25) is 4.79 Å². The minimum absolute atomic E-state index is 0.0915. The molecule has 0 N–H and O–H groups in total. The average molecular weight is 317 g/mol. The highest BCUT2D eigenvalue weighted by Crippen LogP contribution is 2.23. The maximum Gasteiger partial charge on any atom is 0.254 e. The summed E-state index contributed by atoms with van der Waals surface area (Å²) in [5, 5.41) is 1.50. The minimum Gasteiger partial charge on any atom is -0.335 e. The number of nitrogens with zero attached hydrogens (tertiary/aromatic N) is 1. The average Bonchev–Trinajstić information content (AvgIpc) is 2.80. The number of amides is 1.